The first-order valence-corrected chi connectivity index (χ1v) is 9.43. The lowest BCUT2D eigenvalue weighted by atomic mass is 10.2. The zero-order valence-electron chi connectivity index (χ0n) is 15.5. The molecule has 4 rings (SSSR count). The fourth-order valence-electron chi connectivity index (χ4n) is 3.49. The predicted octanol–water partition coefficient (Wildman–Crippen LogP) is 2.60. The minimum Gasteiger partial charge on any atom is -0.354 e. The Balaban J connectivity index is 1.58. The second-order valence-corrected chi connectivity index (χ2v) is 7.26. The van der Waals surface area contributed by atoms with Gasteiger partial charge < -0.3 is 9.80 Å². The average molecular weight is 351 g/mol. The van der Waals surface area contributed by atoms with Gasteiger partial charge in [-0.2, -0.15) is 0 Å². The van der Waals surface area contributed by atoms with E-state index in [1.807, 2.05) is 24.0 Å². The molecule has 3 heterocycles. The lowest BCUT2D eigenvalue weighted by molar-refractivity contribution is -0.132. The van der Waals surface area contributed by atoms with E-state index in [0.717, 1.165) is 73.9 Å². The average Bonchev–Trinajstić information content (AvgIpc) is 3.51. The Hall–Kier alpha value is -2.50. The molecule has 2 aliphatic rings. The summed E-state index contributed by atoms with van der Waals surface area (Å²) < 4.78 is 0. The Labute approximate surface area is 154 Å². The van der Waals surface area contributed by atoms with Crippen molar-refractivity contribution in [2.45, 2.75) is 33.1 Å². The third-order valence-corrected chi connectivity index (χ3v) is 5.34. The maximum absolute atomic E-state index is 12.4. The van der Waals surface area contributed by atoms with Crippen LogP contribution in [0.1, 0.15) is 30.5 Å². The number of carbonyl (C=O) groups excluding carboxylic acids is 1. The largest absolute Gasteiger partial charge is 0.354 e. The van der Waals surface area contributed by atoms with Gasteiger partial charge in [0.1, 0.15) is 5.82 Å². The summed E-state index contributed by atoms with van der Waals surface area (Å²) >= 11 is 0. The number of anilines is 1. The maximum Gasteiger partial charge on any atom is 0.225 e. The van der Waals surface area contributed by atoms with E-state index in [2.05, 4.69) is 21.8 Å². The van der Waals surface area contributed by atoms with E-state index in [0.29, 0.717) is 11.8 Å². The Morgan fingerprint density at radius 2 is 1.81 bits per heavy atom. The molecule has 1 aliphatic carbocycles. The SMILES string of the molecule is Cc1nc(-c2ccncc2)nc(N2CCCN(C(=O)C3CC3)CC2)c1C. The highest BCUT2D eigenvalue weighted by atomic mass is 16.2. The summed E-state index contributed by atoms with van der Waals surface area (Å²) in [4.78, 5) is 30.4. The van der Waals surface area contributed by atoms with Crippen molar-refractivity contribution < 1.29 is 4.79 Å². The molecular formula is C20H25N5O. The smallest absolute Gasteiger partial charge is 0.225 e. The predicted molar refractivity (Wildman–Crippen MR) is 101 cm³/mol. The minimum atomic E-state index is 0.294. The summed E-state index contributed by atoms with van der Waals surface area (Å²) in [7, 11) is 0. The van der Waals surface area contributed by atoms with Crippen molar-refractivity contribution in [3.8, 4) is 11.4 Å². The molecule has 1 amide bonds. The van der Waals surface area contributed by atoms with Crippen LogP contribution in [0.4, 0.5) is 5.82 Å². The fourth-order valence-corrected chi connectivity index (χ4v) is 3.49. The van der Waals surface area contributed by atoms with Gasteiger partial charge in [-0.3, -0.25) is 9.78 Å². The lowest BCUT2D eigenvalue weighted by Gasteiger charge is -2.25. The second kappa shape index (κ2) is 7.02. The molecule has 0 aromatic carbocycles. The van der Waals surface area contributed by atoms with Crippen molar-refractivity contribution in [1.82, 2.24) is 19.9 Å². The van der Waals surface area contributed by atoms with Crippen LogP contribution in [0.5, 0.6) is 0 Å². The molecule has 136 valence electrons. The van der Waals surface area contributed by atoms with Crippen molar-refractivity contribution in [3.63, 3.8) is 0 Å². The molecule has 2 fully saturated rings. The number of rotatable bonds is 3. The van der Waals surface area contributed by atoms with E-state index in [-0.39, 0.29) is 0 Å². The van der Waals surface area contributed by atoms with Gasteiger partial charge in [0.2, 0.25) is 5.91 Å². The zero-order valence-corrected chi connectivity index (χ0v) is 15.5. The van der Waals surface area contributed by atoms with Crippen LogP contribution in [0.2, 0.25) is 0 Å². The Kier molecular flexibility index (Phi) is 4.57. The Bertz CT molecular complexity index is 803. The lowest BCUT2D eigenvalue weighted by Crippen LogP contribution is -2.36. The fraction of sp³-hybridized carbons (Fsp3) is 0.500. The van der Waals surface area contributed by atoms with Crippen molar-refractivity contribution in [2.75, 3.05) is 31.1 Å². The first-order chi connectivity index (χ1) is 12.6. The van der Waals surface area contributed by atoms with Gasteiger partial charge in [-0.15, -0.1) is 0 Å². The number of pyridine rings is 1. The number of aromatic nitrogens is 3. The number of amides is 1. The molecule has 0 N–H and O–H groups in total. The van der Waals surface area contributed by atoms with Gasteiger partial charge in [-0.25, -0.2) is 9.97 Å². The Morgan fingerprint density at radius 3 is 2.54 bits per heavy atom. The van der Waals surface area contributed by atoms with Crippen molar-refractivity contribution in [1.29, 1.82) is 0 Å². The van der Waals surface area contributed by atoms with E-state index in [1.165, 1.54) is 0 Å². The van der Waals surface area contributed by atoms with Crippen molar-refractivity contribution in [2.24, 2.45) is 5.92 Å². The quantitative estimate of drug-likeness (QED) is 0.851. The molecule has 0 bridgehead atoms. The number of hydrogen-bond donors (Lipinski definition) is 0. The van der Waals surface area contributed by atoms with Crippen LogP contribution < -0.4 is 4.90 Å². The van der Waals surface area contributed by atoms with Gasteiger partial charge in [0, 0.05) is 61.3 Å². The highest BCUT2D eigenvalue weighted by Crippen LogP contribution is 2.32. The normalized spacial score (nSPS) is 17.9. The number of aryl methyl sites for hydroxylation is 1. The molecule has 1 saturated heterocycles. The summed E-state index contributed by atoms with van der Waals surface area (Å²) in [6, 6.07) is 3.87. The third kappa shape index (κ3) is 3.41. The van der Waals surface area contributed by atoms with Gasteiger partial charge in [-0.05, 0) is 45.2 Å². The Morgan fingerprint density at radius 1 is 1.04 bits per heavy atom. The van der Waals surface area contributed by atoms with Gasteiger partial charge in [0.15, 0.2) is 5.82 Å². The van der Waals surface area contributed by atoms with E-state index in [9.17, 15) is 4.79 Å². The van der Waals surface area contributed by atoms with Gasteiger partial charge >= 0.3 is 0 Å². The first kappa shape index (κ1) is 16.9. The number of hydrogen-bond acceptors (Lipinski definition) is 5. The molecule has 2 aromatic heterocycles. The van der Waals surface area contributed by atoms with Crippen LogP contribution in [0.25, 0.3) is 11.4 Å². The molecule has 0 radical (unpaired) electrons. The molecule has 0 spiro atoms. The third-order valence-electron chi connectivity index (χ3n) is 5.34. The van der Waals surface area contributed by atoms with Crippen LogP contribution >= 0.6 is 0 Å². The molecule has 1 saturated carbocycles. The molecule has 26 heavy (non-hydrogen) atoms. The maximum atomic E-state index is 12.4. The van der Waals surface area contributed by atoms with Gasteiger partial charge in [0.05, 0.1) is 0 Å². The van der Waals surface area contributed by atoms with Crippen LogP contribution in [0, 0.1) is 19.8 Å². The van der Waals surface area contributed by atoms with E-state index >= 15 is 0 Å². The molecule has 1 aliphatic heterocycles. The summed E-state index contributed by atoms with van der Waals surface area (Å²) in [6.07, 6.45) is 6.64. The van der Waals surface area contributed by atoms with Crippen molar-refractivity contribution >= 4 is 11.7 Å². The zero-order chi connectivity index (χ0) is 18.1. The van der Waals surface area contributed by atoms with Gasteiger partial charge in [0.25, 0.3) is 0 Å². The first-order valence-electron chi connectivity index (χ1n) is 9.43. The molecule has 0 atom stereocenters. The molecule has 0 unspecified atom stereocenters. The summed E-state index contributed by atoms with van der Waals surface area (Å²) in [6.45, 7) is 7.49. The topological polar surface area (TPSA) is 62.2 Å². The molecular weight excluding hydrogens is 326 g/mol. The highest BCUT2D eigenvalue weighted by molar-refractivity contribution is 5.81. The number of nitrogens with zero attached hydrogens (tertiary/aromatic N) is 5. The van der Waals surface area contributed by atoms with Crippen molar-refractivity contribution in [3.05, 3.63) is 35.8 Å². The molecule has 2 aromatic rings. The van der Waals surface area contributed by atoms with Crippen LogP contribution in [-0.4, -0.2) is 51.9 Å². The summed E-state index contributed by atoms with van der Waals surface area (Å²) in [5.41, 5.74) is 3.09. The molecule has 6 nitrogen and oxygen atoms in total. The summed E-state index contributed by atoms with van der Waals surface area (Å²) in [5.74, 6) is 2.37. The second-order valence-electron chi connectivity index (χ2n) is 7.26. The molecule has 6 heteroatoms. The van der Waals surface area contributed by atoms with Gasteiger partial charge in [-0.1, -0.05) is 0 Å². The van der Waals surface area contributed by atoms with E-state index in [1.54, 1.807) is 12.4 Å². The van der Waals surface area contributed by atoms with E-state index in [4.69, 9.17) is 4.98 Å². The highest BCUT2D eigenvalue weighted by Gasteiger charge is 2.34. The van der Waals surface area contributed by atoms with Crippen LogP contribution in [0.15, 0.2) is 24.5 Å². The standard InChI is InChI=1S/C20H25N5O/c1-14-15(2)22-18(16-6-8-21-9-7-16)23-19(14)24-10-3-11-25(13-12-24)20(26)17-4-5-17/h6-9,17H,3-5,10-13H2,1-2H3. The summed E-state index contributed by atoms with van der Waals surface area (Å²) in [5, 5.41) is 0. The van der Waals surface area contributed by atoms with Crippen LogP contribution in [0.3, 0.4) is 0 Å². The van der Waals surface area contributed by atoms with E-state index < -0.39 is 0 Å². The monoisotopic (exact) mass is 351 g/mol. The van der Waals surface area contributed by atoms with Crippen LogP contribution in [-0.2, 0) is 4.79 Å². The number of carbonyl (C=O) groups is 1. The minimum absolute atomic E-state index is 0.294.